The summed E-state index contributed by atoms with van der Waals surface area (Å²) in [4.78, 5) is 32.2. The molecule has 33 heavy (non-hydrogen) atoms. The number of benzene rings is 1. The quantitative estimate of drug-likeness (QED) is 0.599. The third-order valence-electron chi connectivity index (χ3n) is 8.52. The first-order valence-electron chi connectivity index (χ1n) is 12.6. The number of aliphatic hydroxyl groups is 1. The molecule has 7 heteroatoms. The number of rotatable bonds is 9. The zero-order chi connectivity index (χ0) is 23.5. The number of nitrogens with one attached hydrogen (secondary N) is 1. The Morgan fingerprint density at radius 1 is 1.18 bits per heavy atom. The van der Waals surface area contributed by atoms with Crippen LogP contribution in [-0.4, -0.2) is 83.7 Å². The Hall–Kier alpha value is -2.12. The predicted octanol–water partition coefficient (Wildman–Crippen LogP) is 2.79. The molecule has 7 nitrogen and oxygen atoms in total. The Kier molecular flexibility index (Phi) is 7.29. The molecule has 182 valence electrons. The van der Waals surface area contributed by atoms with Crippen molar-refractivity contribution in [3.05, 3.63) is 35.9 Å². The molecule has 0 radical (unpaired) electrons. The Bertz CT molecular complexity index is 818. The average Bonchev–Trinajstić information content (AvgIpc) is 3.05. The fourth-order valence-corrected chi connectivity index (χ4v) is 6.13. The van der Waals surface area contributed by atoms with Crippen molar-refractivity contribution in [3.8, 4) is 0 Å². The lowest BCUT2D eigenvalue weighted by Crippen LogP contribution is -2.57. The first-order valence-corrected chi connectivity index (χ1v) is 12.6. The standard InChI is InChI=1S/C26H40N4O3/c1-3-28(2)26(22-10-5-4-6-11-22)14-12-25(13-15-26)20-29(19-23(32)27-16-17-31)24(33)30(25)18-21-8-7-9-21/h4-6,10-11,21,31H,3,7-9,12-20H2,1-2H3,(H,27,32). The van der Waals surface area contributed by atoms with Crippen molar-refractivity contribution in [2.45, 2.75) is 62.9 Å². The summed E-state index contributed by atoms with van der Waals surface area (Å²) in [6.07, 6.45) is 7.54. The molecule has 2 N–H and O–H groups in total. The van der Waals surface area contributed by atoms with E-state index in [0.29, 0.717) is 12.5 Å². The molecule has 4 rings (SSSR count). The van der Waals surface area contributed by atoms with E-state index in [1.165, 1.54) is 24.8 Å². The fourth-order valence-electron chi connectivity index (χ4n) is 6.13. The van der Waals surface area contributed by atoms with Crippen molar-refractivity contribution < 1.29 is 14.7 Å². The first kappa shape index (κ1) is 24.0. The van der Waals surface area contributed by atoms with Crippen LogP contribution in [0.1, 0.15) is 57.4 Å². The highest BCUT2D eigenvalue weighted by atomic mass is 16.3. The summed E-state index contributed by atoms with van der Waals surface area (Å²) >= 11 is 0. The van der Waals surface area contributed by atoms with Gasteiger partial charge in [0.25, 0.3) is 0 Å². The highest BCUT2D eigenvalue weighted by Crippen LogP contribution is 2.49. The summed E-state index contributed by atoms with van der Waals surface area (Å²) in [6, 6.07) is 10.8. The Labute approximate surface area is 198 Å². The van der Waals surface area contributed by atoms with Gasteiger partial charge in [0.2, 0.25) is 5.91 Å². The molecule has 0 unspecified atom stereocenters. The minimum Gasteiger partial charge on any atom is -0.395 e. The van der Waals surface area contributed by atoms with Gasteiger partial charge in [-0.3, -0.25) is 9.69 Å². The van der Waals surface area contributed by atoms with Gasteiger partial charge in [0.05, 0.1) is 12.1 Å². The number of urea groups is 1. The van der Waals surface area contributed by atoms with Gasteiger partial charge in [-0.2, -0.15) is 0 Å². The Morgan fingerprint density at radius 2 is 1.88 bits per heavy atom. The van der Waals surface area contributed by atoms with Crippen LogP contribution in [0.2, 0.25) is 0 Å². The summed E-state index contributed by atoms with van der Waals surface area (Å²) in [5.74, 6) is 0.395. The first-order chi connectivity index (χ1) is 15.9. The van der Waals surface area contributed by atoms with Crippen molar-refractivity contribution in [2.24, 2.45) is 5.92 Å². The molecule has 3 fully saturated rings. The second kappa shape index (κ2) is 10.0. The summed E-state index contributed by atoms with van der Waals surface area (Å²) in [5.41, 5.74) is 1.15. The van der Waals surface area contributed by atoms with E-state index in [4.69, 9.17) is 5.11 Å². The third kappa shape index (κ3) is 4.62. The van der Waals surface area contributed by atoms with Crippen molar-refractivity contribution in [1.82, 2.24) is 20.0 Å². The Balaban J connectivity index is 1.55. The minimum absolute atomic E-state index is 0.0112. The molecule has 3 amide bonds. The molecule has 1 aromatic rings. The van der Waals surface area contributed by atoms with E-state index in [0.717, 1.165) is 38.8 Å². The minimum atomic E-state index is -0.198. The highest BCUT2D eigenvalue weighted by Gasteiger charge is 2.55. The molecule has 2 aliphatic carbocycles. The lowest BCUT2D eigenvalue weighted by atomic mass is 9.68. The molecule has 2 saturated carbocycles. The van der Waals surface area contributed by atoms with Gasteiger partial charge in [0.1, 0.15) is 6.54 Å². The van der Waals surface area contributed by atoms with Crippen LogP contribution < -0.4 is 5.32 Å². The maximum Gasteiger partial charge on any atom is 0.321 e. The number of hydrogen-bond donors (Lipinski definition) is 2. The monoisotopic (exact) mass is 456 g/mol. The zero-order valence-electron chi connectivity index (χ0n) is 20.3. The van der Waals surface area contributed by atoms with E-state index < -0.39 is 0 Å². The maximum atomic E-state index is 13.5. The van der Waals surface area contributed by atoms with Crippen LogP contribution in [0, 0.1) is 5.92 Å². The van der Waals surface area contributed by atoms with Gasteiger partial charge in [-0.1, -0.05) is 43.7 Å². The van der Waals surface area contributed by atoms with Gasteiger partial charge in [-0.05, 0) is 63.6 Å². The van der Waals surface area contributed by atoms with Crippen LogP contribution in [0.25, 0.3) is 0 Å². The summed E-state index contributed by atoms with van der Waals surface area (Å²) in [5, 5.41) is 11.7. The van der Waals surface area contributed by atoms with E-state index in [1.54, 1.807) is 4.90 Å². The third-order valence-corrected chi connectivity index (χ3v) is 8.52. The smallest absolute Gasteiger partial charge is 0.321 e. The number of amides is 3. The molecule has 1 aliphatic heterocycles. The average molecular weight is 457 g/mol. The topological polar surface area (TPSA) is 76.1 Å². The predicted molar refractivity (Wildman–Crippen MR) is 129 cm³/mol. The lowest BCUT2D eigenvalue weighted by molar-refractivity contribution is -0.121. The van der Waals surface area contributed by atoms with Gasteiger partial charge in [-0.25, -0.2) is 4.79 Å². The molecule has 1 saturated heterocycles. The number of aliphatic hydroxyl groups excluding tert-OH is 1. The SMILES string of the molecule is CCN(C)C1(c2ccccc2)CCC2(CC1)CN(CC(=O)NCCO)C(=O)N2CC1CCC1. The fraction of sp³-hybridized carbons (Fsp3) is 0.692. The summed E-state index contributed by atoms with van der Waals surface area (Å²) in [6.45, 7) is 4.82. The van der Waals surface area contributed by atoms with Crippen LogP contribution in [-0.2, 0) is 10.3 Å². The van der Waals surface area contributed by atoms with E-state index in [9.17, 15) is 9.59 Å². The highest BCUT2D eigenvalue weighted by molar-refractivity contribution is 5.86. The van der Waals surface area contributed by atoms with Gasteiger partial charge >= 0.3 is 6.03 Å². The Morgan fingerprint density at radius 3 is 2.45 bits per heavy atom. The molecule has 1 spiro atoms. The summed E-state index contributed by atoms with van der Waals surface area (Å²) < 4.78 is 0. The second-order valence-corrected chi connectivity index (χ2v) is 10.3. The van der Waals surface area contributed by atoms with E-state index in [1.807, 2.05) is 0 Å². The van der Waals surface area contributed by atoms with Crippen molar-refractivity contribution in [3.63, 3.8) is 0 Å². The van der Waals surface area contributed by atoms with Crippen LogP contribution in [0.5, 0.6) is 0 Å². The number of hydrogen-bond acceptors (Lipinski definition) is 4. The lowest BCUT2D eigenvalue weighted by Gasteiger charge is -2.52. The molecular formula is C26H40N4O3. The van der Waals surface area contributed by atoms with E-state index >= 15 is 0 Å². The molecule has 0 bridgehead atoms. The largest absolute Gasteiger partial charge is 0.395 e. The van der Waals surface area contributed by atoms with Crippen LogP contribution >= 0.6 is 0 Å². The zero-order valence-corrected chi connectivity index (χ0v) is 20.3. The van der Waals surface area contributed by atoms with E-state index in [2.05, 4.69) is 59.4 Å². The molecule has 1 heterocycles. The van der Waals surface area contributed by atoms with Gasteiger partial charge < -0.3 is 20.2 Å². The number of carbonyl (C=O) groups excluding carboxylic acids is 2. The number of nitrogens with zero attached hydrogens (tertiary/aromatic N) is 3. The second-order valence-electron chi connectivity index (χ2n) is 10.3. The molecule has 0 aromatic heterocycles. The van der Waals surface area contributed by atoms with Gasteiger partial charge in [0, 0.05) is 25.2 Å². The number of carbonyl (C=O) groups is 2. The maximum absolute atomic E-state index is 13.5. The van der Waals surface area contributed by atoms with Crippen LogP contribution in [0.4, 0.5) is 4.79 Å². The van der Waals surface area contributed by atoms with Gasteiger partial charge in [0.15, 0.2) is 0 Å². The molecular weight excluding hydrogens is 416 g/mol. The molecule has 1 aromatic carbocycles. The molecule has 0 atom stereocenters. The normalized spacial score (nSPS) is 27.9. The van der Waals surface area contributed by atoms with Crippen molar-refractivity contribution >= 4 is 11.9 Å². The van der Waals surface area contributed by atoms with Gasteiger partial charge in [-0.15, -0.1) is 0 Å². The van der Waals surface area contributed by atoms with E-state index in [-0.39, 0.29) is 42.7 Å². The van der Waals surface area contributed by atoms with Crippen LogP contribution in [0.3, 0.4) is 0 Å². The summed E-state index contributed by atoms with van der Waals surface area (Å²) in [7, 11) is 2.22. The molecule has 3 aliphatic rings. The van der Waals surface area contributed by atoms with Crippen LogP contribution in [0.15, 0.2) is 30.3 Å². The van der Waals surface area contributed by atoms with Crippen molar-refractivity contribution in [1.29, 1.82) is 0 Å². The van der Waals surface area contributed by atoms with Crippen molar-refractivity contribution in [2.75, 3.05) is 46.4 Å².